The van der Waals surface area contributed by atoms with Crippen LogP contribution < -0.4 is 15.0 Å². The Balaban J connectivity index is 0.000000237. The SMILES string of the molecule is CC(=O)O.CC(=O)O[C@]1(C(C)=O)CC[C@H]2[C@@H]3C=C(C)C4=CC(=O)CC[C@]4(C)[C@H]3CC[C@@]21C.CN(CCCl)CCCl.COc1cc2cc(c1Cl)N(C)C(=O)C[C@H](OC(=O)[C@H](C)N(C)C(C)=O)[C@]1(C)O[C@H]1[C@H](C)[C@@H]1C[C@@](O)(NC(=O)O1)[C@H](OC)/C=C\C=C(\C)C2.C[C@H](Cc1ccc(O)c(O)c1)[C@@H](C)Cc1ccc(O)c(O)c1.Cl.O=C1c2ccccc2C(=O)c2ccccc21. The molecule has 30 heteroatoms. The van der Waals surface area contributed by atoms with Crippen molar-refractivity contribution in [3.05, 3.63) is 188 Å². The zero-order valence-electron chi connectivity index (χ0n) is 75.7. The van der Waals surface area contributed by atoms with Crippen LogP contribution in [0.15, 0.2) is 144 Å². The average Bonchev–Trinajstić information content (AvgIpc) is 1.58. The topological polar surface area (TPSA) is 373 Å². The highest BCUT2D eigenvalue weighted by atomic mass is 35.5. The van der Waals surface area contributed by atoms with E-state index >= 15 is 0 Å². The van der Waals surface area contributed by atoms with Gasteiger partial charge in [-0.05, 0) is 193 Å². The third-order valence-corrected chi connectivity index (χ3v) is 27.1. The molecule has 5 aromatic rings. The predicted octanol–water partition coefficient (Wildman–Crippen LogP) is 16.0. The number of aliphatic carboxylic acids is 1. The second-order valence-electron chi connectivity index (χ2n) is 35.0. The highest BCUT2D eigenvalue weighted by Crippen LogP contribution is 2.68. The molecule has 7 N–H and O–H groups in total. The molecule has 2 saturated carbocycles. The Kier molecular flexibility index (Phi) is 36.7. The van der Waals surface area contributed by atoms with Gasteiger partial charge in [-0.2, -0.15) is 0 Å². The molecular weight excluding hydrogens is 1710 g/mol. The number of likely N-dealkylation sites (N-methyl/N-ethyl adjacent to an activating group) is 1. The van der Waals surface area contributed by atoms with Crippen molar-refractivity contribution in [2.75, 3.05) is 65.1 Å². The number of ether oxygens (including phenoxy) is 6. The number of benzene rings is 5. The first-order valence-electron chi connectivity index (χ1n) is 42.5. The van der Waals surface area contributed by atoms with Gasteiger partial charge in [0.1, 0.15) is 40.7 Å². The lowest BCUT2D eigenvalue weighted by Crippen LogP contribution is -2.63. The summed E-state index contributed by atoms with van der Waals surface area (Å²) < 4.78 is 34.7. The van der Waals surface area contributed by atoms with Crippen LogP contribution in [-0.4, -0.2) is 207 Å². The molecule has 127 heavy (non-hydrogen) atoms. The zero-order chi connectivity index (χ0) is 93.6. The number of nitrogens with zero attached hydrogens (tertiary/aromatic N) is 3. The van der Waals surface area contributed by atoms with Crippen molar-refractivity contribution in [2.24, 2.45) is 46.3 Å². The minimum atomic E-state index is -1.81. The molecule has 3 aliphatic heterocycles. The fourth-order valence-electron chi connectivity index (χ4n) is 18.7. The maximum atomic E-state index is 14.0. The number of anilines is 1. The van der Waals surface area contributed by atoms with E-state index < -0.39 is 77.2 Å². The Bertz CT molecular complexity index is 4820. The van der Waals surface area contributed by atoms with Gasteiger partial charge in [-0.15, -0.1) is 35.6 Å². The number of nitrogens with one attached hydrogen (secondary N) is 1. The largest absolute Gasteiger partial charge is 0.504 e. The number of carboxylic acids is 1. The molecule has 3 heterocycles. The quantitative estimate of drug-likeness (QED) is 0.0156. The van der Waals surface area contributed by atoms with Crippen LogP contribution >= 0.6 is 47.2 Å². The number of ketones is 4. The van der Waals surface area contributed by atoms with Crippen LogP contribution in [0.25, 0.3) is 0 Å². The van der Waals surface area contributed by atoms with Crippen LogP contribution in [0.5, 0.6) is 28.7 Å². The van der Waals surface area contributed by atoms with Gasteiger partial charge in [0.2, 0.25) is 11.8 Å². The van der Waals surface area contributed by atoms with Crippen molar-refractivity contribution in [1.82, 2.24) is 15.1 Å². The number of carboxylic acid groups (broad SMARTS) is 1. The van der Waals surface area contributed by atoms with E-state index in [1.165, 1.54) is 75.1 Å². The van der Waals surface area contributed by atoms with Gasteiger partial charge in [0.05, 0.1) is 25.3 Å². The van der Waals surface area contributed by atoms with E-state index in [2.05, 4.69) is 50.9 Å². The molecule has 0 aromatic heterocycles. The van der Waals surface area contributed by atoms with Crippen molar-refractivity contribution in [2.45, 2.75) is 208 Å². The van der Waals surface area contributed by atoms with Crippen LogP contribution in [0.1, 0.15) is 190 Å². The first-order chi connectivity index (χ1) is 59.2. The molecule has 16 atom stereocenters. The number of methoxy groups -OCH3 is 2. The van der Waals surface area contributed by atoms with E-state index in [-0.39, 0.29) is 99.1 Å². The zero-order valence-corrected chi connectivity index (χ0v) is 78.8. The number of hydrogen-bond acceptors (Lipinski definition) is 22. The standard InChI is InChI=1S/C34H46ClN3O10.C24H32O4.C18H22O4.C14H8O2.C5H11Cl2N.C2H4O2.ClH/c1-18-11-10-12-26(45-9)34(43)17-25(46-32(42)36-34)19(2)30-33(5,48-30)27(47-31(41)20(3)37(6)21(4)39)16-28(40)38(7)23-14-22(13-18)15-24(44-8)29(23)35;1-14-12-18-19(22(4)9-6-17(27)13-21(14)22)7-10-23(5)20(18)8-11-24(23,15(2)25)28-16(3)26;1-11(7-13-3-5-15(19)17(21)9-13)12(2)8-14-4-6-16(20)18(22)10-14;15-13-9-5-1-2-6-10(9)14(16)12-8-4-3-7-11(12)13;1-8(4-2-6)5-3-7;1-2(3)4;/h10-12,14-15,19-20,25-27,30,43H,13,16-17H2,1-9H3,(H,36,42);12-13,18-20H,6-11H2,1-5H3;3-6,9-12,19-22H,7-8H2,1-2H3;1-8H;2-5H2,1H3;1H3,(H,3,4);1H/b12-10-,18-11-;;;;;;/t19-,20+,25+,26-,27+,30+,33+,34+;18-,19+,20+,22-,23+,24+;11-,12+;;;;/m11...../s1. The Morgan fingerprint density at radius 1 is 0.732 bits per heavy atom. The molecule has 26 nitrogen and oxygen atoms in total. The van der Waals surface area contributed by atoms with E-state index in [0.29, 0.717) is 94.3 Å². The molecule has 3 amide bonds. The summed E-state index contributed by atoms with van der Waals surface area (Å²) >= 11 is 17.6. The van der Waals surface area contributed by atoms with Crippen LogP contribution in [0.3, 0.4) is 0 Å². The number of phenols is 4. The van der Waals surface area contributed by atoms with E-state index in [0.717, 1.165) is 80.8 Å². The van der Waals surface area contributed by atoms with Gasteiger partial charge in [0.15, 0.2) is 57.5 Å². The number of hydrogen-bond donors (Lipinski definition) is 7. The van der Waals surface area contributed by atoms with Crippen LogP contribution in [-0.2, 0) is 76.5 Å². The number of rotatable bonds is 16. The Morgan fingerprint density at radius 3 is 1.74 bits per heavy atom. The number of Topliss-reactive ketones (excluding diaryl/α,β-unsaturated/α-hetero) is 1. The number of allylic oxidation sites excluding steroid dienone is 7. The van der Waals surface area contributed by atoms with Gasteiger partial charge in [-0.1, -0.05) is 142 Å². The summed E-state index contributed by atoms with van der Waals surface area (Å²) in [4.78, 5) is 127. The minimum Gasteiger partial charge on any atom is -0.504 e. The smallest absolute Gasteiger partial charge is 0.409 e. The van der Waals surface area contributed by atoms with Crippen LogP contribution in [0.2, 0.25) is 5.02 Å². The fourth-order valence-corrected chi connectivity index (χ4v) is 19.6. The van der Waals surface area contributed by atoms with E-state index in [9.17, 15) is 68.7 Å². The second-order valence-corrected chi connectivity index (χ2v) is 36.2. The van der Waals surface area contributed by atoms with Crippen LogP contribution in [0.4, 0.5) is 10.5 Å². The lowest BCUT2D eigenvalue weighted by Gasteiger charge is -2.58. The fraction of sp³-hybridized carbons (Fsp3) is 0.505. The highest BCUT2D eigenvalue weighted by molar-refractivity contribution is 6.35. The number of aromatic hydroxyl groups is 4. The predicted molar refractivity (Wildman–Crippen MR) is 488 cm³/mol. The number of esters is 2. The lowest BCUT2D eigenvalue weighted by molar-refractivity contribution is -0.185. The van der Waals surface area contributed by atoms with Gasteiger partial charge in [0, 0.05) is 113 Å². The third kappa shape index (κ3) is 24.5. The van der Waals surface area contributed by atoms with Gasteiger partial charge in [0.25, 0.3) is 5.97 Å². The van der Waals surface area contributed by atoms with E-state index in [4.69, 9.17) is 73.1 Å². The minimum absolute atomic E-state index is 0. The summed E-state index contributed by atoms with van der Waals surface area (Å²) in [6.45, 7) is 25.1. The van der Waals surface area contributed by atoms with E-state index in [1.54, 1.807) is 113 Å². The van der Waals surface area contributed by atoms with Gasteiger partial charge >= 0.3 is 18.0 Å². The molecule has 2 saturated heterocycles. The lowest BCUT2D eigenvalue weighted by atomic mass is 9.47. The monoisotopic (exact) mass is 1840 g/mol. The summed E-state index contributed by atoms with van der Waals surface area (Å²) in [6, 6.07) is 26.3. The van der Waals surface area contributed by atoms with Crippen molar-refractivity contribution in [3.8, 4) is 28.7 Å². The summed E-state index contributed by atoms with van der Waals surface area (Å²) in [6.07, 6.45) is 11.8. The first kappa shape index (κ1) is 104. The number of carbonyl (C=O) groups is 10. The Hall–Kier alpha value is -9.64. The molecule has 0 radical (unpaired) electrons. The van der Waals surface area contributed by atoms with Gasteiger partial charge < -0.3 is 73.8 Å². The number of carbonyl (C=O) groups excluding carboxylic acids is 9. The summed E-state index contributed by atoms with van der Waals surface area (Å²) in [7, 11) is 7.97. The number of epoxide rings is 1. The van der Waals surface area contributed by atoms with Crippen molar-refractivity contribution in [1.29, 1.82) is 0 Å². The molecule has 0 unspecified atom stereocenters. The van der Waals surface area contributed by atoms with Gasteiger partial charge in [-0.3, -0.25) is 43.7 Å². The Morgan fingerprint density at radius 2 is 1.26 bits per heavy atom. The molecule has 5 aliphatic carbocycles. The number of fused-ring (bicyclic) bond motifs is 12. The molecule has 4 bridgehead atoms. The molecule has 692 valence electrons. The number of amides is 3. The first-order valence-corrected chi connectivity index (χ1v) is 43.9. The van der Waals surface area contributed by atoms with Crippen molar-refractivity contribution < 1.29 is 107 Å². The second kappa shape index (κ2) is 44.6. The molecule has 4 fully saturated rings. The molecule has 5 aromatic carbocycles. The Labute approximate surface area is 765 Å². The maximum absolute atomic E-state index is 14.0. The van der Waals surface area contributed by atoms with Crippen LogP contribution in [0, 0.1) is 46.3 Å². The number of alkyl halides is 2. The highest BCUT2D eigenvalue weighted by Gasteiger charge is 2.68. The normalized spacial score (nSPS) is 27.3. The third-order valence-electron chi connectivity index (χ3n) is 26.4. The molecule has 13 rings (SSSR count). The maximum Gasteiger partial charge on any atom is 0.409 e. The molecule has 8 aliphatic rings. The number of alkyl carbamates (subject to hydrolysis) is 1. The van der Waals surface area contributed by atoms with Crippen molar-refractivity contribution >= 4 is 112 Å². The number of halogens is 4. The number of aliphatic hydroxyl groups is 1. The summed E-state index contributed by atoms with van der Waals surface area (Å²) in [5.74, 6) is 0.125. The number of phenolic OH excluding ortho intramolecular Hbond substituents is 4. The van der Waals surface area contributed by atoms with E-state index in [1.807, 2.05) is 38.3 Å². The summed E-state index contributed by atoms with van der Waals surface area (Å²) in [5.41, 5.74) is 4.26. The van der Waals surface area contributed by atoms with Gasteiger partial charge in [-0.25, -0.2) is 9.59 Å². The molecule has 0 spiro atoms. The summed E-state index contributed by atoms with van der Waals surface area (Å²) in [5, 5.41) is 59.6. The molecular formula is C97H124Cl4N4O22. The average molecular weight is 1840 g/mol. The van der Waals surface area contributed by atoms with Crippen molar-refractivity contribution in [3.63, 3.8) is 0 Å².